The van der Waals surface area contributed by atoms with E-state index in [1.54, 1.807) is 30.6 Å². The van der Waals surface area contributed by atoms with Crippen molar-refractivity contribution in [3.05, 3.63) is 36.2 Å². The molecule has 0 aliphatic rings. The number of hydrogen-bond acceptors (Lipinski definition) is 4. The van der Waals surface area contributed by atoms with Crippen LogP contribution in [0.25, 0.3) is 11.0 Å². The SMILES string of the molecule is N#CCNC(=O)c1ccc2nccnc2c1. The maximum atomic E-state index is 11.5. The Morgan fingerprint density at radius 1 is 1.31 bits per heavy atom. The smallest absolute Gasteiger partial charge is 0.252 e. The average molecular weight is 212 g/mol. The van der Waals surface area contributed by atoms with Gasteiger partial charge in [-0.1, -0.05) is 0 Å². The standard InChI is InChI=1S/C11H8N4O/c12-3-4-15-11(16)8-1-2-9-10(7-8)14-6-5-13-9/h1-2,5-7H,4H2,(H,15,16). The molecular weight excluding hydrogens is 204 g/mol. The van der Waals surface area contributed by atoms with E-state index in [-0.39, 0.29) is 12.5 Å². The zero-order valence-electron chi connectivity index (χ0n) is 8.34. The third-order valence-electron chi connectivity index (χ3n) is 2.06. The van der Waals surface area contributed by atoms with E-state index < -0.39 is 0 Å². The zero-order valence-corrected chi connectivity index (χ0v) is 8.34. The van der Waals surface area contributed by atoms with Crippen molar-refractivity contribution in [1.82, 2.24) is 15.3 Å². The number of rotatable bonds is 2. The molecule has 2 rings (SSSR count). The second kappa shape index (κ2) is 4.36. The summed E-state index contributed by atoms with van der Waals surface area (Å²) in [7, 11) is 0. The Balaban J connectivity index is 2.33. The molecule has 0 radical (unpaired) electrons. The molecule has 0 spiro atoms. The second-order valence-corrected chi connectivity index (χ2v) is 3.10. The van der Waals surface area contributed by atoms with Crippen LogP contribution in [0.4, 0.5) is 0 Å². The third-order valence-corrected chi connectivity index (χ3v) is 2.06. The van der Waals surface area contributed by atoms with Crippen molar-refractivity contribution >= 4 is 16.9 Å². The Hall–Kier alpha value is -2.48. The summed E-state index contributed by atoms with van der Waals surface area (Å²) in [4.78, 5) is 19.7. The van der Waals surface area contributed by atoms with Crippen molar-refractivity contribution in [3.63, 3.8) is 0 Å². The quantitative estimate of drug-likeness (QED) is 0.749. The number of carbonyl (C=O) groups is 1. The fourth-order valence-electron chi connectivity index (χ4n) is 1.33. The van der Waals surface area contributed by atoms with Crippen LogP contribution in [0.5, 0.6) is 0 Å². The predicted octanol–water partition coefficient (Wildman–Crippen LogP) is 0.883. The molecule has 16 heavy (non-hydrogen) atoms. The van der Waals surface area contributed by atoms with Gasteiger partial charge in [-0.05, 0) is 18.2 Å². The maximum absolute atomic E-state index is 11.5. The summed E-state index contributed by atoms with van der Waals surface area (Å²) < 4.78 is 0. The zero-order chi connectivity index (χ0) is 11.4. The maximum Gasteiger partial charge on any atom is 0.252 e. The van der Waals surface area contributed by atoms with E-state index in [9.17, 15) is 4.79 Å². The molecule has 0 unspecified atom stereocenters. The molecule has 0 fully saturated rings. The van der Waals surface area contributed by atoms with Gasteiger partial charge < -0.3 is 5.32 Å². The first-order valence-corrected chi connectivity index (χ1v) is 4.67. The van der Waals surface area contributed by atoms with Crippen molar-refractivity contribution in [1.29, 1.82) is 5.26 Å². The minimum atomic E-state index is -0.283. The van der Waals surface area contributed by atoms with E-state index in [4.69, 9.17) is 5.26 Å². The molecule has 5 nitrogen and oxygen atoms in total. The van der Waals surface area contributed by atoms with Crippen molar-refractivity contribution in [2.75, 3.05) is 6.54 Å². The topological polar surface area (TPSA) is 78.7 Å². The van der Waals surface area contributed by atoms with Crippen LogP contribution in [0.1, 0.15) is 10.4 Å². The van der Waals surface area contributed by atoms with E-state index in [0.29, 0.717) is 11.1 Å². The summed E-state index contributed by atoms with van der Waals surface area (Å²) >= 11 is 0. The fourth-order valence-corrected chi connectivity index (χ4v) is 1.33. The Morgan fingerprint density at radius 2 is 2.06 bits per heavy atom. The highest BCUT2D eigenvalue weighted by Gasteiger charge is 2.05. The number of fused-ring (bicyclic) bond motifs is 1. The first kappa shape index (κ1) is 10.1. The van der Waals surface area contributed by atoms with Gasteiger partial charge in [0, 0.05) is 18.0 Å². The lowest BCUT2D eigenvalue weighted by molar-refractivity contribution is 0.0958. The van der Waals surface area contributed by atoms with Gasteiger partial charge in [0.25, 0.3) is 5.91 Å². The second-order valence-electron chi connectivity index (χ2n) is 3.10. The van der Waals surface area contributed by atoms with Crippen molar-refractivity contribution in [2.45, 2.75) is 0 Å². The van der Waals surface area contributed by atoms with Crippen molar-refractivity contribution in [2.24, 2.45) is 0 Å². The molecule has 2 aromatic rings. The monoisotopic (exact) mass is 212 g/mol. The molecule has 0 aliphatic carbocycles. The lowest BCUT2D eigenvalue weighted by Gasteiger charge is -2.01. The third kappa shape index (κ3) is 1.96. The number of nitrogens with one attached hydrogen (secondary N) is 1. The van der Waals surface area contributed by atoms with Gasteiger partial charge in [-0.3, -0.25) is 14.8 Å². The summed E-state index contributed by atoms with van der Waals surface area (Å²) in [6.45, 7) is -0.00264. The van der Waals surface area contributed by atoms with E-state index in [2.05, 4.69) is 15.3 Å². The van der Waals surface area contributed by atoms with E-state index in [0.717, 1.165) is 5.52 Å². The van der Waals surface area contributed by atoms with Gasteiger partial charge in [0.15, 0.2) is 0 Å². The Morgan fingerprint density at radius 3 is 2.81 bits per heavy atom. The number of benzene rings is 1. The van der Waals surface area contributed by atoms with Crippen LogP contribution >= 0.6 is 0 Å². The number of nitriles is 1. The summed E-state index contributed by atoms with van der Waals surface area (Å²) in [6, 6.07) is 6.88. The number of carbonyl (C=O) groups excluding carboxylic acids is 1. The van der Waals surface area contributed by atoms with Gasteiger partial charge in [0.1, 0.15) is 6.54 Å². The molecule has 1 aromatic carbocycles. The van der Waals surface area contributed by atoms with E-state index >= 15 is 0 Å². The van der Waals surface area contributed by atoms with Gasteiger partial charge in [0.2, 0.25) is 0 Å². The van der Waals surface area contributed by atoms with Crippen molar-refractivity contribution in [3.8, 4) is 6.07 Å². The highest BCUT2D eigenvalue weighted by atomic mass is 16.1. The lowest BCUT2D eigenvalue weighted by atomic mass is 10.2. The fraction of sp³-hybridized carbons (Fsp3) is 0.0909. The van der Waals surface area contributed by atoms with Gasteiger partial charge in [0.05, 0.1) is 17.1 Å². The molecular formula is C11H8N4O. The van der Waals surface area contributed by atoms with Crippen LogP contribution in [0.2, 0.25) is 0 Å². The van der Waals surface area contributed by atoms with Crippen LogP contribution in [-0.4, -0.2) is 22.4 Å². The Labute approximate surface area is 91.8 Å². The van der Waals surface area contributed by atoms with Gasteiger partial charge in [-0.15, -0.1) is 0 Å². The summed E-state index contributed by atoms with van der Waals surface area (Å²) in [5.41, 5.74) is 1.87. The number of aromatic nitrogens is 2. The first-order chi connectivity index (χ1) is 7.81. The van der Waals surface area contributed by atoms with Crippen LogP contribution in [0, 0.1) is 11.3 Å². The largest absolute Gasteiger partial charge is 0.339 e. The first-order valence-electron chi connectivity index (χ1n) is 4.67. The van der Waals surface area contributed by atoms with Gasteiger partial charge in [-0.25, -0.2) is 0 Å². The van der Waals surface area contributed by atoms with E-state index in [1.165, 1.54) is 0 Å². The molecule has 5 heteroatoms. The molecule has 1 heterocycles. The Bertz CT molecular complexity index is 573. The van der Waals surface area contributed by atoms with Crippen LogP contribution in [0.3, 0.4) is 0 Å². The van der Waals surface area contributed by atoms with Gasteiger partial charge >= 0.3 is 0 Å². The van der Waals surface area contributed by atoms with Crippen LogP contribution in [0.15, 0.2) is 30.6 Å². The predicted molar refractivity (Wildman–Crippen MR) is 57.5 cm³/mol. The molecule has 0 bridgehead atoms. The number of hydrogen-bond donors (Lipinski definition) is 1. The molecule has 78 valence electrons. The van der Waals surface area contributed by atoms with Crippen LogP contribution in [-0.2, 0) is 0 Å². The summed E-state index contributed by atoms with van der Waals surface area (Å²) in [6.07, 6.45) is 3.16. The lowest BCUT2D eigenvalue weighted by Crippen LogP contribution is -2.23. The molecule has 1 N–H and O–H groups in total. The van der Waals surface area contributed by atoms with Gasteiger partial charge in [-0.2, -0.15) is 5.26 Å². The highest BCUT2D eigenvalue weighted by Crippen LogP contribution is 2.10. The number of amides is 1. The molecule has 0 atom stereocenters. The minimum absolute atomic E-state index is 0.00264. The molecule has 1 aromatic heterocycles. The summed E-state index contributed by atoms with van der Waals surface area (Å²) in [5, 5.41) is 10.8. The molecule has 0 saturated heterocycles. The number of nitrogens with zero attached hydrogens (tertiary/aromatic N) is 3. The molecule has 0 saturated carbocycles. The molecule has 1 amide bonds. The summed E-state index contributed by atoms with van der Waals surface area (Å²) in [5.74, 6) is -0.283. The van der Waals surface area contributed by atoms with E-state index in [1.807, 2.05) is 6.07 Å². The minimum Gasteiger partial charge on any atom is -0.339 e. The Kier molecular flexibility index (Phi) is 2.74. The average Bonchev–Trinajstić information content (AvgIpc) is 2.35. The normalized spacial score (nSPS) is 9.69. The van der Waals surface area contributed by atoms with Crippen LogP contribution < -0.4 is 5.32 Å². The molecule has 0 aliphatic heterocycles. The van der Waals surface area contributed by atoms with Crippen molar-refractivity contribution < 1.29 is 4.79 Å². The highest BCUT2D eigenvalue weighted by molar-refractivity contribution is 5.97.